The number of rotatable bonds is 2. The lowest BCUT2D eigenvalue weighted by Crippen LogP contribution is -2.27. The van der Waals surface area contributed by atoms with E-state index in [4.69, 9.17) is 5.11 Å². The van der Waals surface area contributed by atoms with Crippen LogP contribution in [0.1, 0.15) is 37.5 Å². The van der Waals surface area contributed by atoms with Crippen LogP contribution in [0.4, 0.5) is 10.5 Å². The van der Waals surface area contributed by atoms with E-state index in [0.29, 0.717) is 11.8 Å². The average Bonchev–Trinajstić information content (AvgIpc) is 3.30. The molecule has 3 rings (SSSR count). The van der Waals surface area contributed by atoms with Crippen LogP contribution < -0.4 is 10.6 Å². The fourth-order valence-corrected chi connectivity index (χ4v) is 2.47. The van der Waals surface area contributed by atoms with Crippen molar-refractivity contribution in [2.24, 2.45) is 17.8 Å². The fourth-order valence-electron chi connectivity index (χ4n) is 2.47. The predicted molar refractivity (Wildman–Crippen MR) is 107 cm³/mol. The van der Waals surface area contributed by atoms with Crippen molar-refractivity contribution in [2.75, 3.05) is 12.4 Å². The van der Waals surface area contributed by atoms with Crippen LogP contribution in [0.25, 0.3) is 0 Å². The van der Waals surface area contributed by atoms with Gasteiger partial charge in [0.15, 0.2) is 0 Å². The number of carbonyl (C=O) groups excluding carboxylic acids is 1. The Kier molecular flexibility index (Phi) is 11.3. The molecule has 138 valence electrons. The number of hydrogen-bond acceptors (Lipinski definition) is 2. The molecule has 0 heterocycles. The van der Waals surface area contributed by atoms with E-state index in [2.05, 4.69) is 29.7 Å². The Labute approximate surface area is 149 Å². The van der Waals surface area contributed by atoms with Gasteiger partial charge in [-0.15, -0.1) is 0 Å². The largest absolute Gasteiger partial charge is 0.400 e. The Hall–Kier alpha value is -2.07. The van der Waals surface area contributed by atoms with Crippen molar-refractivity contribution in [3.8, 4) is 0 Å². The van der Waals surface area contributed by atoms with E-state index >= 15 is 0 Å². The summed E-state index contributed by atoms with van der Waals surface area (Å²) in [5.74, 6) is 2.02. The van der Waals surface area contributed by atoms with Crippen LogP contribution in [0.3, 0.4) is 0 Å². The van der Waals surface area contributed by atoms with Crippen molar-refractivity contribution in [3.63, 3.8) is 0 Å². The van der Waals surface area contributed by atoms with E-state index in [-0.39, 0.29) is 8.88 Å². The molecule has 1 fully saturated rings. The number of amides is 2. The summed E-state index contributed by atoms with van der Waals surface area (Å²) in [6.45, 7) is 10.2. The smallest absolute Gasteiger partial charge is 0.323 e. The maximum Gasteiger partial charge on any atom is 0.323 e. The van der Waals surface area contributed by atoms with Crippen LogP contribution in [-0.4, -0.2) is 18.2 Å². The molecule has 0 spiro atoms. The van der Waals surface area contributed by atoms with Crippen molar-refractivity contribution in [3.05, 3.63) is 54.3 Å². The van der Waals surface area contributed by atoms with Crippen LogP contribution in [0.15, 0.2) is 54.3 Å². The number of aliphatic hydroxyl groups is 1. The molecule has 2 aliphatic rings. The SMILES string of the molecule is CC.CC.CC1C2C=CC(NC(=O)Nc3ccccc3)=CC12.CO.[HH].[HH]. The number of carbonyl (C=O) groups is 1. The standard InChI is InChI=1S/C15H16N2O.2C2H6.CH4O.2H2/c1-10-13-8-7-12(9-14(10)13)17-15(18)16-11-5-3-2-4-6-11;3*1-2;;/h2-10,13-14H,1H3,(H2,16,17,18);2*1-2H3;2H,1H3;2*1H. The summed E-state index contributed by atoms with van der Waals surface area (Å²) < 4.78 is 0. The number of fused-ring (bicyclic) bond motifs is 1. The van der Waals surface area contributed by atoms with Crippen molar-refractivity contribution in [2.45, 2.75) is 34.6 Å². The van der Waals surface area contributed by atoms with Crippen molar-refractivity contribution < 1.29 is 12.8 Å². The van der Waals surface area contributed by atoms with Crippen LogP contribution in [-0.2, 0) is 0 Å². The summed E-state index contributed by atoms with van der Waals surface area (Å²) in [7, 11) is 1.00. The highest BCUT2D eigenvalue weighted by molar-refractivity contribution is 5.90. The van der Waals surface area contributed by atoms with Gasteiger partial charge in [0.25, 0.3) is 0 Å². The molecular weight excluding hydrogens is 300 g/mol. The second-order valence-electron chi connectivity index (χ2n) is 4.94. The lowest BCUT2D eigenvalue weighted by Gasteiger charge is -2.10. The highest BCUT2D eigenvalue weighted by atomic mass is 16.2. The molecule has 1 aromatic rings. The number of hydrogen-bond donors (Lipinski definition) is 3. The van der Waals surface area contributed by atoms with E-state index in [0.717, 1.165) is 24.4 Å². The Morgan fingerprint density at radius 1 is 1.00 bits per heavy atom. The molecule has 1 aromatic carbocycles. The van der Waals surface area contributed by atoms with Crippen molar-refractivity contribution in [1.29, 1.82) is 0 Å². The summed E-state index contributed by atoms with van der Waals surface area (Å²) in [6.07, 6.45) is 6.34. The first-order valence-electron chi connectivity index (χ1n) is 8.72. The number of para-hydroxylation sites is 1. The molecule has 3 N–H and O–H groups in total. The van der Waals surface area contributed by atoms with E-state index in [1.165, 1.54) is 0 Å². The normalized spacial score (nSPS) is 21.8. The lowest BCUT2D eigenvalue weighted by molar-refractivity contribution is 0.254. The van der Waals surface area contributed by atoms with Crippen molar-refractivity contribution in [1.82, 2.24) is 5.32 Å². The molecule has 0 radical (unpaired) electrons. The molecule has 4 heteroatoms. The lowest BCUT2D eigenvalue weighted by atomic mass is 10.1. The van der Waals surface area contributed by atoms with Crippen LogP contribution >= 0.6 is 0 Å². The van der Waals surface area contributed by atoms with E-state index < -0.39 is 0 Å². The minimum absolute atomic E-state index is 0. The number of aliphatic hydroxyl groups excluding tert-OH is 1. The quantitative estimate of drug-likeness (QED) is 0.686. The number of benzene rings is 1. The topological polar surface area (TPSA) is 61.4 Å². The molecule has 0 bridgehead atoms. The summed E-state index contributed by atoms with van der Waals surface area (Å²) in [5.41, 5.74) is 1.70. The monoisotopic (exact) mass is 336 g/mol. The molecule has 3 atom stereocenters. The molecule has 2 aliphatic carbocycles. The fraction of sp³-hybridized carbons (Fsp3) is 0.450. The van der Waals surface area contributed by atoms with Gasteiger partial charge in [0, 0.05) is 21.3 Å². The number of nitrogens with one attached hydrogen (secondary N) is 2. The predicted octanol–water partition coefficient (Wildman–Crippen LogP) is 5.30. The Morgan fingerprint density at radius 3 is 2.12 bits per heavy atom. The van der Waals surface area contributed by atoms with Gasteiger partial charge in [-0.3, -0.25) is 0 Å². The molecule has 1 saturated carbocycles. The summed E-state index contributed by atoms with van der Waals surface area (Å²) >= 11 is 0. The van der Waals surface area contributed by atoms with E-state index in [9.17, 15) is 4.79 Å². The second-order valence-corrected chi connectivity index (χ2v) is 4.94. The maximum atomic E-state index is 11.8. The van der Waals surface area contributed by atoms with Crippen LogP contribution in [0.2, 0.25) is 0 Å². The van der Waals surface area contributed by atoms with Crippen LogP contribution in [0, 0.1) is 17.8 Å². The van der Waals surface area contributed by atoms with Gasteiger partial charge in [0.05, 0.1) is 0 Å². The van der Waals surface area contributed by atoms with Gasteiger partial charge in [0.2, 0.25) is 0 Å². The minimum Gasteiger partial charge on any atom is -0.400 e. The number of allylic oxidation sites excluding steroid dienone is 3. The van der Waals surface area contributed by atoms with Crippen LogP contribution in [0.5, 0.6) is 0 Å². The zero-order valence-electron chi connectivity index (χ0n) is 15.7. The summed E-state index contributed by atoms with van der Waals surface area (Å²) in [6, 6.07) is 9.25. The average molecular weight is 337 g/mol. The van der Waals surface area contributed by atoms with Gasteiger partial charge in [-0.2, -0.15) is 0 Å². The molecule has 4 nitrogen and oxygen atoms in total. The third-order valence-electron chi connectivity index (χ3n) is 3.68. The summed E-state index contributed by atoms with van der Waals surface area (Å²) in [4.78, 5) is 11.8. The second kappa shape index (κ2) is 12.4. The minimum atomic E-state index is -0.191. The molecule has 3 unspecified atom stereocenters. The number of anilines is 1. The molecule has 24 heavy (non-hydrogen) atoms. The Balaban J connectivity index is -0.000000604. The zero-order chi connectivity index (χ0) is 18.5. The molecule has 0 saturated heterocycles. The number of urea groups is 1. The van der Waals surface area contributed by atoms with Gasteiger partial charge < -0.3 is 15.7 Å². The van der Waals surface area contributed by atoms with Gasteiger partial charge in [-0.1, -0.05) is 65.0 Å². The third kappa shape index (κ3) is 6.59. The van der Waals surface area contributed by atoms with Gasteiger partial charge in [-0.25, -0.2) is 4.79 Å². The highest BCUT2D eigenvalue weighted by Crippen LogP contribution is 2.50. The summed E-state index contributed by atoms with van der Waals surface area (Å²) in [5, 5.41) is 12.7. The first kappa shape index (κ1) is 21.9. The molecule has 0 aromatic heterocycles. The molecule has 2 amide bonds. The molecular formula is C20H36N2O2. The van der Waals surface area contributed by atoms with E-state index in [1.807, 2.05) is 64.1 Å². The molecule has 0 aliphatic heterocycles. The third-order valence-corrected chi connectivity index (χ3v) is 3.68. The van der Waals surface area contributed by atoms with Gasteiger partial charge in [0.1, 0.15) is 0 Å². The Morgan fingerprint density at radius 2 is 1.58 bits per heavy atom. The highest BCUT2D eigenvalue weighted by Gasteiger charge is 2.44. The Bertz CT molecular complexity index is 534. The van der Waals surface area contributed by atoms with E-state index in [1.54, 1.807) is 0 Å². The van der Waals surface area contributed by atoms with Crippen molar-refractivity contribution >= 4 is 11.7 Å². The maximum absolute atomic E-state index is 11.8. The van der Waals surface area contributed by atoms with Gasteiger partial charge in [-0.05, 0) is 36.0 Å². The van der Waals surface area contributed by atoms with Gasteiger partial charge >= 0.3 is 6.03 Å². The first-order chi connectivity index (χ1) is 11.7. The first-order valence-corrected chi connectivity index (χ1v) is 8.72. The zero-order valence-corrected chi connectivity index (χ0v) is 15.7.